The van der Waals surface area contributed by atoms with Gasteiger partial charge in [0.1, 0.15) is 11.4 Å². The van der Waals surface area contributed by atoms with Crippen LogP contribution in [0.2, 0.25) is 0 Å². The molecule has 0 radical (unpaired) electrons. The van der Waals surface area contributed by atoms with E-state index in [1.165, 1.54) is 7.11 Å². The highest BCUT2D eigenvalue weighted by Gasteiger charge is 2.27. The number of carbonyl (C=O) groups is 1. The van der Waals surface area contributed by atoms with Gasteiger partial charge >= 0.3 is 0 Å². The lowest BCUT2D eigenvalue weighted by Crippen LogP contribution is -2.16. The molecule has 10 heteroatoms. The second-order valence-electron chi connectivity index (χ2n) is 6.42. The average Bonchev–Trinajstić information content (AvgIpc) is 2.78. The fraction of sp³-hybridized carbons (Fsp3) is 0.0952. The molecule has 0 fully saturated rings. The molecule has 3 aromatic carbocycles. The Kier molecular flexibility index (Phi) is 6.41. The van der Waals surface area contributed by atoms with E-state index in [4.69, 9.17) is 4.74 Å². The third kappa shape index (κ3) is 5.12. The number of nitrogens with zero attached hydrogens (tertiary/aromatic N) is 2. The van der Waals surface area contributed by atoms with Crippen LogP contribution in [0.3, 0.4) is 0 Å². The second kappa shape index (κ2) is 9.35. The molecule has 0 aliphatic carbocycles. The lowest BCUT2D eigenvalue weighted by Gasteiger charge is -2.13. The molecule has 31 heavy (non-hydrogen) atoms. The van der Waals surface area contributed by atoms with Crippen molar-refractivity contribution >= 4 is 28.7 Å². The fourth-order valence-electron chi connectivity index (χ4n) is 2.89. The van der Waals surface area contributed by atoms with Crippen LogP contribution < -0.4 is 15.4 Å². The molecule has 0 aliphatic heterocycles. The van der Waals surface area contributed by atoms with Crippen LogP contribution in [0.1, 0.15) is 15.9 Å². The highest BCUT2D eigenvalue weighted by Crippen LogP contribution is 2.34. The summed E-state index contributed by atoms with van der Waals surface area (Å²) in [7, 11) is 1.50. The Hall–Kier alpha value is -4.47. The van der Waals surface area contributed by atoms with Crippen LogP contribution in [0.5, 0.6) is 5.75 Å². The van der Waals surface area contributed by atoms with E-state index < -0.39 is 27.1 Å². The molecule has 0 saturated carbocycles. The lowest BCUT2D eigenvalue weighted by molar-refractivity contribution is -0.393. The molecular weight excluding hydrogens is 404 g/mol. The van der Waals surface area contributed by atoms with Crippen LogP contribution in [-0.2, 0) is 6.54 Å². The molecule has 0 aromatic heterocycles. The van der Waals surface area contributed by atoms with Crippen LogP contribution in [0.15, 0.2) is 66.7 Å². The van der Waals surface area contributed by atoms with Gasteiger partial charge in [0.15, 0.2) is 0 Å². The average molecular weight is 422 g/mol. The van der Waals surface area contributed by atoms with E-state index in [0.29, 0.717) is 11.4 Å². The molecule has 2 N–H and O–H groups in total. The van der Waals surface area contributed by atoms with E-state index in [9.17, 15) is 25.0 Å². The van der Waals surface area contributed by atoms with Crippen LogP contribution in [0.4, 0.5) is 22.7 Å². The molecule has 10 nitrogen and oxygen atoms in total. The molecule has 0 aliphatic rings. The van der Waals surface area contributed by atoms with Crippen molar-refractivity contribution in [2.24, 2.45) is 0 Å². The number of hydrogen-bond acceptors (Lipinski definition) is 7. The maximum atomic E-state index is 12.9. The number of anilines is 2. The topological polar surface area (TPSA) is 137 Å². The van der Waals surface area contributed by atoms with Crippen molar-refractivity contribution < 1.29 is 19.4 Å². The smallest absolute Gasteiger partial charge is 0.300 e. The summed E-state index contributed by atoms with van der Waals surface area (Å²) in [6, 6.07) is 17.3. The standard InChI is InChI=1S/C21H18N4O6/c1-31-17-9-7-15(8-10-17)23-21(26)18-11-16(24(27)28)12-19(25(29)30)20(18)22-13-14-5-3-2-4-6-14/h2-12,22H,13H2,1H3,(H,23,26). The van der Waals surface area contributed by atoms with E-state index in [0.717, 1.165) is 17.7 Å². The molecule has 0 bridgehead atoms. The van der Waals surface area contributed by atoms with Gasteiger partial charge in [0.2, 0.25) is 0 Å². The number of methoxy groups -OCH3 is 1. The number of amides is 1. The molecule has 0 saturated heterocycles. The number of nitro benzene ring substituents is 2. The summed E-state index contributed by atoms with van der Waals surface area (Å²) in [5, 5.41) is 28.4. The quantitative estimate of drug-likeness (QED) is 0.406. The Morgan fingerprint density at radius 3 is 2.23 bits per heavy atom. The van der Waals surface area contributed by atoms with Gasteiger partial charge in [-0.25, -0.2) is 0 Å². The molecule has 0 atom stereocenters. The molecule has 158 valence electrons. The molecule has 3 rings (SSSR count). The maximum absolute atomic E-state index is 12.9. The number of nitrogens with one attached hydrogen (secondary N) is 2. The third-order valence-corrected chi connectivity index (χ3v) is 4.41. The number of carbonyl (C=O) groups excluding carboxylic acids is 1. The van der Waals surface area contributed by atoms with Gasteiger partial charge in [-0.2, -0.15) is 0 Å². The molecule has 3 aromatic rings. The first kappa shape index (κ1) is 21.2. The monoisotopic (exact) mass is 422 g/mol. The van der Waals surface area contributed by atoms with E-state index in [2.05, 4.69) is 10.6 Å². The van der Waals surface area contributed by atoms with Gasteiger partial charge in [-0.05, 0) is 29.8 Å². The Morgan fingerprint density at radius 1 is 0.968 bits per heavy atom. The molecule has 1 amide bonds. The highest BCUT2D eigenvalue weighted by atomic mass is 16.6. The minimum absolute atomic E-state index is 0.106. The summed E-state index contributed by atoms with van der Waals surface area (Å²) in [5.74, 6) is -0.151. The summed E-state index contributed by atoms with van der Waals surface area (Å²) >= 11 is 0. The predicted octanol–water partition coefficient (Wildman–Crippen LogP) is 4.38. The van der Waals surface area contributed by atoms with Crippen molar-refractivity contribution in [3.8, 4) is 5.75 Å². The number of nitro groups is 2. The maximum Gasteiger partial charge on any atom is 0.300 e. The first-order valence-electron chi connectivity index (χ1n) is 9.09. The van der Waals surface area contributed by atoms with Crippen molar-refractivity contribution in [2.45, 2.75) is 6.54 Å². The number of non-ortho nitro benzene ring substituents is 1. The largest absolute Gasteiger partial charge is 0.497 e. The van der Waals surface area contributed by atoms with Crippen LogP contribution >= 0.6 is 0 Å². The minimum atomic E-state index is -0.780. The minimum Gasteiger partial charge on any atom is -0.497 e. The van der Waals surface area contributed by atoms with Gasteiger partial charge in [0.05, 0.1) is 28.6 Å². The summed E-state index contributed by atoms with van der Waals surface area (Å²) in [5.41, 5.74) is -0.231. The van der Waals surface area contributed by atoms with Gasteiger partial charge < -0.3 is 15.4 Å². The Labute approximate surface area is 176 Å². The third-order valence-electron chi connectivity index (χ3n) is 4.41. The van der Waals surface area contributed by atoms with Crippen molar-refractivity contribution in [2.75, 3.05) is 17.7 Å². The van der Waals surface area contributed by atoms with Crippen molar-refractivity contribution in [3.05, 3.63) is 98.1 Å². The van der Waals surface area contributed by atoms with E-state index in [-0.39, 0.29) is 17.8 Å². The number of rotatable bonds is 8. The summed E-state index contributed by atoms with van der Waals surface area (Å²) in [6.07, 6.45) is 0. The zero-order valence-electron chi connectivity index (χ0n) is 16.4. The summed E-state index contributed by atoms with van der Waals surface area (Å²) in [4.78, 5) is 34.3. The van der Waals surface area contributed by atoms with Crippen LogP contribution in [0.25, 0.3) is 0 Å². The SMILES string of the molecule is COc1ccc(NC(=O)c2cc([N+](=O)[O-])cc([N+](=O)[O-])c2NCc2ccccc2)cc1. The Bertz CT molecular complexity index is 1120. The van der Waals surface area contributed by atoms with Crippen molar-refractivity contribution in [3.63, 3.8) is 0 Å². The first-order valence-corrected chi connectivity index (χ1v) is 9.09. The zero-order valence-corrected chi connectivity index (χ0v) is 16.4. The van der Waals surface area contributed by atoms with Crippen molar-refractivity contribution in [1.82, 2.24) is 0 Å². The van der Waals surface area contributed by atoms with Gasteiger partial charge in [0, 0.05) is 18.3 Å². The summed E-state index contributed by atoms with van der Waals surface area (Å²) < 4.78 is 5.06. The Morgan fingerprint density at radius 2 is 1.65 bits per heavy atom. The number of hydrogen-bond donors (Lipinski definition) is 2. The van der Waals surface area contributed by atoms with Crippen LogP contribution in [0, 0.1) is 20.2 Å². The second-order valence-corrected chi connectivity index (χ2v) is 6.42. The molecule has 0 heterocycles. The first-order chi connectivity index (χ1) is 14.9. The van der Waals surface area contributed by atoms with Gasteiger partial charge in [-0.15, -0.1) is 0 Å². The lowest BCUT2D eigenvalue weighted by atomic mass is 10.1. The zero-order chi connectivity index (χ0) is 22.4. The number of ether oxygens (including phenoxy) is 1. The van der Waals surface area contributed by atoms with E-state index in [1.54, 1.807) is 48.5 Å². The molecular formula is C21H18N4O6. The van der Waals surface area contributed by atoms with Gasteiger partial charge in [0.25, 0.3) is 17.3 Å². The van der Waals surface area contributed by atoms with E-state index >= 15 is 0 Å². The van der Waals surface area contributed by atoms with Crippen LogP contribution in [-0.4, -0.2) is 22.9 Å². The number of benzene rings is 3. The van der Waals surface area contributed by atoms with Gasteiger partial charge in [-0.1, -0.05) is 30.3 Å². The predicted molar refractivity (Wildman–Crippen MR) is 114 cm³/mol. The normalized spacial score (nSPS) is 10.2. The summed E-state index contributed by atoms with van der Waals surface area (Å²) in [6.45, 7) is 0.183. The Balaban J connectivity index is 2.00. The molecule has 0 spiro atoms. The fourth-order valence-corrected chi connectivity index (χ4v) is 2.89. The molecule has 0 unspecified atom stereocenters. The van der Waals surface area contributed by atoms with Crippen molar-refractivity contribution in [1.29, 1.82) is 0 Å². The highest BCUT2D eigenvalue weighted by molar-refractivity contribution is 6.10. The van der Waals surface area contributed by atoms with Gasteiger partial charge in [-0.3, -0.25) is 25.0 Å². The van der Waals surface area contributed by atoms with E-state index in [1.807, 2.05) is 6.07 Å².